The number of nitrogens with zero attached hydrogens (tertiary/aromatic N) is 3. The summed E-state index contributed by atoms with van der Waals surface area (Å²) in [6.45, 7) is 0.406. The van der Waals surface area contributed by atoms with Crippen molar-refractivity contribution in [2.75, 3.05) is 0 Å². The predicted molar refractivity (Wildman–Crippen MR) is 98.0 cm³/mol. The number of benzene rings is 1. The fourth-order valence-electron chi connectivity index (χ4n) is 2.50. The summed E-state index contributed by atoms with van der Waals surface area (Å²) < 4.78 is 14.8. The molecular weight excluding hydrogens is 355 g/mol. The molecule has 26 heavy (non-hydrogen) atoms. The van der Waals surface area contributed by atoms with Crippen LogP contribution >= 0.6 is 11.6 Å². The van der Waals surface area contributed by atoms with Gasteiger partial charge in [0.15, 0.2) is 0 Å². The number of carbonyl (C=O) groups is 1. The van der Waals surface area contributed by atoms with E-state index in [1.807, 2.05) is 25.4 Å². The summed E-state index contributed by atoms with van der Waals surface area (Å²) >= 11 is 5.74. The van der Waals surface area contributed by atoms with Gasteiger partial charge >= 0.3 is 0 Å². The molecule has 1 N–H and O–H groups in total. The van der Waals surface area contributed by atoms with E-state index in [2.05, 4.69) is 15.4 Å². The van der Waals surface area contributed by atoms with Gasteiger partial charge in [0, 0.05) is 38.0 Å². The first kappa shape index (κ1) is 18.1. The van der Waals surface area contributed by atoms with Gasteiger partial charge in [-0.05, 0) is 35.7 Å². The smallest absolute Gasteiger partial charge is 0.220 e. The van der Waals surface area contributed by atoms with Gasteiger partial charge in [-0.1, -0.05) is 23.7 Å². The maximum Gasteiger partial charge on any atom is 0.220 e. The predicted octanol–water partition coefficient (Wildman–Crippen LogP) is 3.52. The summed E-state index contributed by atoms with van der Waals surface area (Å²) in [6.07, 6.45) is 6.20. The van der Waals surface area contributed by atoms with Crippen molar-refractivity contribution in [2.45, 2.75) is 19.4 Å². The van der Waals surface area contributed by atoms with Crippen molar-refractivity contribution in [1.29, 1.82) is 0 Å². The minimum atomic E-state index is -0.456. The van der Waals surface area contributed by atoms with Gasteiger partial charge in [-0.2, -0.15) is 5.10 Å². The summed E-state index contributed by atoms with van der Waals surface area (Å²) in [6, 6.07) is 8.32. The van der Waals surface area contributed by atoms with Crippen LogP contribution in [0.15, 0.2) is 48.9 Å². The molecule has 7 heteroatoms. The zero-order chi connectivity index (χ0) is 18.5. The molecule has 0 aliphatic rings. The fourth-order valence-corrected chi connectivity index (χ4v) is 2.70. The van der Waals surface area contributed by atoms with Crippen LogP contribution in [0.25, 0.3) is 11.3 Å². The number of hydrogen-bond donors (Lipinski definition) is 1. The Labute approximate surface area is 155 Å². The Morgan fingerprint density at radius 1 is 1.23 bits per heavy atom. The Morgan fingerprint density at radius 2 is 2.04 bits per heavy atom. The highest BCUT2D eigenvalue weighted by atomic mass is 35.5. The van der Waals surface area contributed by atoms with Gasteiger partial charge < -0.3 is 5.32 Å². The summed E-state index contributed by atoms with van der Waals surface area (Å²) in [7, 11) is 1.85. The average molecular weight is 373 g/mol. The van der Waals surface area contributed by atoms with E-state index in [1.54, 1.807) is 29.2 Å². The molecular formula is C19H18ClFN4O. The van der Waals surface area contributed by atoms with Crippen LogP contribution in [0.2, 0.25) is 5.02 Å². The van der Waals surface area contributed by atoms with Crippen molar-refractivity contribution in [1.82, 2.24) is 20.1 Å². The fraction of sp³-hybridized carbons (Fsp3) is 0.211. The minimum Gasteiger partial charge on any atom is -0.352 e. The van der Waals surface area contributed by atoms with E-state index in [1.165, 1.54) is 6.07 Å². The number of nitrogens with one attached hydrogen (secondary N) is 1. The SMILES string of the molecule is Cn1cc(-c2ccc(CNC(=O)CCc3ccc(F)c(Cl)c3)cn2)cn1. The number of pyridine rings is 1. The molecule has 5 nitrogen and oxygen atoms in total. The summed E-state index contributed by atoms with van der Waals surface area (Å²) in [5.74, 6) is -0.538. The first-order valence-corrected chi connectivity index (χ1v) is 8.53. The van der Waals surface area contributed by atoms with Crippen molar-refractivity contribution < 1.29 is 9.18 Å². The third-order valence-electron chi connectivity index (χ3n) is 3.94. The Kier molecular flexibility index (Phi) is 5.63. The monoisotopic (exact) mass is 372 g/mol. The van der Waals surface area contributed by atoms with E-state index >= 15 is 0 Å². The van der Waals surface area contributed by atoms with E-state index < -0.39 is 5.82 Å². The van der Waals surface area contributed by atoms with Crippen molar-refractivity contribution >= 4 is 17.5 Å². The number of rotatable bonds is 6. The molecule has 2 aromatic heterocycles. The zero-order valence-corrected chi connectivity index (χ0v) is 15.0. The first-order valence-electron chi connectivity index (χ1n) is 8.16. The van der Waals surface area contributed by atoms with Gasteiger partial charge in [-0.25, -0.2) is 4.39 Å². The highest BCUT2D eigenvalue weighted by Gasteiger charge is 2.06. The molecule has 1 aromatic carbocycles. The second kappa shape index (κ2) is 8.10. The Hall–Kier alpha value is -2.73. The lowest BCUT2D eigenvalue weighted by atomic mass is 10.1. The number of halogens is 2. The highest BCUT2D eigenvalue weighted by Crippen LogP contribution is 2.17. The molecule has 0 aliphatic carbocycles. The van der Waals surface area contributed by atoms with E-state index in [0.717, 1.165) is 22.4 Å². The average Bonchev–Trinajstić information content (AvgIpc) is 3.08. The van der Waals surface area contributed by atoms with Crippen LogP contribution in [0, 0.1) is 5.82 Å². The van der Waals surface area contributed by atoms with Gasteiger partial charge in [0.1, 0.15) is 5.82 Å². The Bertz CT molecular complexity index is 908. The van der Waals surface area contributed by atoms with Gasteiger partial charge in [-0.15, -0.1) is 0 Å². The molecule has 0 atom stereocenters. The molecule has 134 valence electrons. The van der Waals surface area contributed by atoms with E-state index in [4.69, 9.17) is 11.6 Å². The molecule has 0 unspecified atom stereocenters. The van der Waals surface area contributed by atoms with Crippen molar-refractivity contribution in [3.05, 3.63) is 70.9 Å². The topological polar surface area (TPSA) is 59.8 Å². The molecule has 0 radical (unpaired) electrons. The van der Waals surface area contributed by atoms with E-state index in [9.17, 15) is 9.18 Å². The lowest BCUT2D eigenvalue weighted by Gasteiger charge is -2.06. The second-order valence-electron chi connectivity index (χ2n) is 5.98. The van der Waals surface area contributed by atoms with Crippen molar-refractivity contribution in [3.63, 3.8) is 0 Å². The van der Waals surface area contributed by atoms with Gasteiger partial charge in [0.2, 0.25) is 5.91 Å². The molecule has 3 aromatic rings. The van der Waals surface area contributed by atoms with Crippen LogP contribution in [-0.2, 0) is 24.8 Å². The molecule has 0 saturated carbocycles. The van der Waals surface area contributed by atoms with Gasteiger partial charge in [0.05, 0.1) is 16.9 Å². The standard InChI is InChI=1S/C19H18ClFN4O/c1-25-12-15(11-24-25)18-6-3-14(9-22-18)10-23-19(26)7-4-13-2-5-17(21)16(20)8-13/h2-3,5-6,8-9,11-12H,4,7,10H2,1H3,(H,23,26). The molecule has 0 bridgehead atoms. The second-order valence-corrected chi connectivity index (χ2v) is 6.39. The molecule has 0 fully saturated rings. The van der Waals surface area contributed by atoms with E-state index in [-0.39, 0.29) is 10.9 Å². The third kappa shape index (κ3) is 4.67. The maximum absolute atomic E-state index is 13.1. The number of amides is 1. The largest absolute Gasteiger partial charge is 0.352 e. The summed E-state index contributed by atoms with van der Waals surface area (Å²) in [4.78, 5) is 16.4. The van der Waals surface area contributed by atoms with Crippen LogP contribution in [0.5, 0.6) is 0 Å². The first-order chi connectivity index (χ1) is 12.5. The molecule has 1 amide bonds. The van der Waals surface area contributed by atoms with Crippen LogP contribution in [0.1, 0.15) is 17.5 Å². The Morgan fingerprint density at radius 3 is 2.69 bits per heavy atom. The Balaban J connectivity index is 1.48. The zero-order valence-electron chi connectivity index (χ0n) is 14.2. The maximum atomic E-state index is 13.1. The molecule has 3 rings (SSSR count). The molecule has 0 saturated heterocycles. The van der Waals surface area contributed by atoms with Crippen molar-refractivity contribution in [3.8, 4) is 11.3 Å². The number of hydrogen-bond acceptors (Lipinski definition) is 3. The molecule has 2 heterocycles. The van der Waals surface area contributed by atoms with Crippen LogP contribution in [0.4, 0.5) is 4.39 Å². The molecule has 0 spiro atoms. The third-order valence-corrected chi connectivity index (χ3v) is 4.23. The number of aryl methyl sites for hydroxylation is 2. The van der Waals surface area contributed by atoms with Crippen LogP contribution in [0.3, 0.4) is 0 Å². The van der Waals surface area contributed by atoms with Crippen LogP contribution in [-0.4, -0.2) is 20.7 Å². The van der Waals surface area contributed by atoms with Gasteiger partial charge in [-0.3, -0.25) is 14.5 Å². The van der Waals surface area contributed by atoms with Crippen molar-refractivity contribution in [2.24, 2.45) is 7.05 Å². The molecule has 0 aliphatic heterocycles. The normalized spacial score (nSPS) is 10.7. The minimum absolute atomic E-state index is 0.0719. The number of aromatic nitrogens is 3. The summed E-state index contributed by atoms with van der Waals surface area (Å²) in [5.41, 5.74) is 3.52. The quantitative estimate of drug-likeness (QED) is 0.720. The number of carbonyl (C=O) groups excluding carboxylic acids is 1. The lowest BCUT2D eigenvalue weighted by molar-refractivity contribution is -0.121. The highest BCUT2D eigenvalue weighted by molar-refractivity contribution is 6.30. The lowest BCUT2D eigenvalue weighted by Crippen LogP contribution is -2.23. The van der Waals surface area contributed by atoms with Gasteiger partial charge in [0.25, 0.3) is 0 Å². The summed E-state index contributed by atoms with van der Waals surface area (Å²) in [5, 5.41) is 7.05. The van der Waals surface area contributed by atoms with E-state index in [0.29, 0.717) is 19.4 Å². The van der Waals surface area contributed by atoms with Crippen LogP contribution < -0.4 is 5.32 Å².